The van der Waals surface area contributed by atoms with E-state index < -0.39 is 11.5 Å². The topological polar surface area (TPSA) is 119 Å². The lowest BCUT2D eigenvalue weighted by Crippen LogP contribution is -2.22. The third-order valence-corrected chi connectivity index (χ3v) is 4.63. The van der Waals surface area contributed by atoms with E-state index in [-0.39, 0.29) is 5.69 Å². The van der Waals surface area contributed by atoms with Crippen LogP contribution in [0.4, 0.5) is 17.2 Å². The van der Waals surface area contributed by atoms with Crippen molar-refractivity contribution in [3.63, 3.8) is 0 Å². The molecule has 0 saturated carbocycles. The molecule has 4 N–H and O–H groups in total. The number of hydrogen-bond acceptors (Lipinski definition) is 6. The third-order valence-electron chi connectivity index (χ3n) is 4.63. The quantitative estimate of drug-likeness (QED) is 0.443. The summed E-state index contributed by atoms with van der Waals surface area (Å²) in [4.78, 5) is 35.2. The summed E-state index contributed by atoms with van der Waals surface area (Å²) < 4.78 is 10.4. The Hall–Kier alpha value is -4.40. The molecule has 0 aliphatic rings. The van der Waals surface area contributed by atoms with Crippen LogP contribution in [-0.4, -0.2) is 30.1 Å². The number of nitrogens with zero attached hydrogens (tertiary/aromatic N) is 1. The SMILES string of the molecule is COc1ccc(C(=O)Nc2cc3c(Nc4ccccc4)nc[nH+]c3[nH]c2=O)cc1OC. The van der Waals surface area contributed by atoms with Gasteiger partial charge < -0.3 is 20.1 Å². The standard InChI is InChI=1S/C22H19N5O4/c1-30-17-9-8-13(10-18(17)31-2)21(28)26-16-11-15-19(25-14-6-4-3-5-7-14)23-12-24-20(15)27-22(16)29/h3-12H,1-2H3,(H,26,28)(H2,23,24,25,27,29)/p+1. The van der Waals surface area contributed by atoms with Crippen LogP contribution in [0, 0.1) is 0 Å². The van der Waals surface area contributed by atoms with Gasteiger partial charge in [-0.05, 0) is 36.4 Å². The number of carbonyl (C=O) groups excluding carboxylic acids is 1. The lowest BCUT2D eigenvalue weighted by atomic mass is 10.2. The normalized spacial score (nSPS) is 10.5. The molecule has 9 heteroatoms. The Balaban J connectivity index is 1.68. The average molecular weight is 418 g/mol. The molecule has 0 aliphatic carbocycles. The number of H-pyrrole nitrogens is 2. The minimum absolute atomic E-state index is 0.0878. The molecule has 0 aliphatic heterocycles. The van der Waals surface area contributed by atoms with Crippen LogP contribution in [0.2, 0.25) is 0 Å². The van der Waals surface area contributed by atoms with Crippen molar-refractivity contribution in [2.45, 2.75) is 0 Å². The predicted octanol–water partition coefficient (Wildman–Crippen LogP) is 2.75. The van der Waals surface area contributed by atoms with Gasteiger partial charge in [-0.15, -0.1) is 0 Å². The lowest BCUT2D eigenvalue weighted by Gasteiger charge is -2.10. The molecule has 156 valence electrons. The summed E-state index contributed by atoms with van der Waals surface area (Å²) in [5.74, 6) is 0.977. The van der Waals surface area contributed by atoms with Gasteiger partial charge in [-0.25, -0.2) is 14.8 Å². The van der Waals surface area contributed by atoms with Crippen LogP contribution in [0.15, 0.2) is 65.7 Å². The number of anilines is 3. The fourth-order valence-corrected chi connectivity index (χ4v) is 3.08. The molecule has 2 aromatic heterocycles. The fourth-order valence-electron chi connectivity index (χ4n) is 3.08. The molecule has 2 aromatic carbocycles. The Kier molecular flexibility index (Phi) is 5.48. The van der Waals surface area contributed by atoms with Gasteiger partial charge in [-0.2, -0.15) is 0 Å². The molecule has 0 fully saturated rings. The molecule has 4 aromatic rings. The summed E-state index contributed by atoms with van der Waals surface area (Å²) in [5.41, 5.74) is 1.27. The average Bonchev–Trinajstić information content (AvgIpc) is 2.80. The van der Waals surface area contributed by atoms with E-state index in [1.165, 1.54) is 20.5 Å². The summed E-state index contributed by atoms with van der Waals surface area (Å²) >= 11 is 0. The predicted molar refractivity (Wildman–Crippen MR) is 116 cm³/mol. The number of rotatable bonds is 6. The molecule has 1 amide bonds. The van der Waals surface area contributed by atoms with Gasteiger partial charge in [0, 0.05) is 11.3 Å². The van der Waals surface area contributed by atoms with Crippen molar-refractivity contribution in [2.75, 3.05) is 24.9 Å². The highest BCUT2D eigenvalue weighted by Gasteiger charge is 2.17. The van der Waals surface area contributed by atoms with Gasteiger partial charge in [0.05, 0.1) is 14.2 Å². The number of para-hydroxylation sites is 1. The van der Waals surface area contributed by atoms with Crippen molar-refractivity contribution in [1.29, 1.82) is 0 Å². The molecule has 4 rings (SSSR count). The number of aromatic amines is 2. The van der Waals surface area contributed by atoms with E-state index in [1.54, 1.807) is 24.3 Å². The largest absolute Gasteiger partial charge is 0.493 e. The van der Waals surface area contributed by atoms with Crippen LogP contribution in [0.25, 0.3) is 11.0 Å². The number of aromatic nitrogens is 3. The first-order chi connectivity index (χ1) is 15.1. The second kappa shape index (κ2) is 8.54. The molecular formula is C22H20N5O4+. The van der Waals surface area contributed by atoms with E-state index in [4.69, 9.17) is 9.47 Å². The number of nitrogens with one attached hydrogen (secondary N) is 4. The zero-order valence-corrected chi connectivity index (χ0v) is 16.9. The smallest absolute Gasteiger partial charge is 0.328 e. The van der Waals surface area contributed by atoms with Crippen molar-refractivity contribution < 1.29 is 19.3 Å². The molecular weight excluding hydrogens is 398 g/mol. The van der Waals surface area contributed by atoms with Crippen molar-refractivity contribution in [3.8, 4) is 11.5 Å². The molecule has 0 spiro atoms. The second-order valence-corrected chi connectivity index (χ2v) is 6.57. The Labute approximate surface area is 177 Å². The number of carbonyl (C=O) groups is 1. The van der Waals surface area contributed by atoms with Gasteiger partial charge >= 0.3 is 5.56 Å². The van der Waals surface area contributed by atoms with Gasteiger partial charge in [-0.1, -0.05) is 23.2 Å². The third kappa shape index (κ3) is 4.15. The lowest BCUT2D eigenvalue weighted by molar-refractivity contribution is -0.352. The van der Waals surface area contributed by atoms with Gasteiger partial charge in [0.2, 0.25) is 17.8 Å². The molecule has 0 radical (unpaired) electrons. The molecule has 9 nitrogen and oxygen atoms in total. The molecule has 0 bridgehead atoms. The van der Waals surface area contributed by atoms with E-state index in [2.05, 4.69) is 25.6 Å². The van der Waals surface area contributed by atoms with E-state index in [0.717, 1.165) is 5.69 Å². The summed E-state index contributed by atoms with van der Waals surface area (Å²) in [6, 6.07) is 15.8. The van der Waals surface area contributed by atoms with E-state index >= 15 is 0 Å². The fraction of sp³-hybridized carbons (Fsp3) is 0.0909. The van der Waals surface area contributed by atoms with Crippen molar-refractivity contribution in [1.82, 2.24) is 9.97 Å². The minimum Gasteiger partial charge on any atom is -0.493 e. The zero-order chi connectivity index (χ0) is 21.8. The summed E-state index contributed by atoms with van der Waals surface area (Å²) in [6.07, 6.45) is 1.48. The molecule has 0 atom stereocenters. The molecule has 0 unspecified atom stereocenters. The van der Waals surface area contributed by atoms with Crippen LogP contribution < -0.4 is 30.7 Å². The van der Waals surface area contributed by atoms with E-state index in [0.29, 0.717) is 33.9 Å². The Morgan fingerprint density at radius 2 is 1.81 bits per heavy atom. The van der Waals surface area contributed by atoms with Gasteiger partial charge in [0.1, 0.15) is 11.1 Å². The highest BCUT2D eigenvalue weighted by atomic mass is 16.5. The molecule has 2 heterocycles. The van der Waals surface area contributed by atoms with Gasteiger partial charge in [0.25, 0.3) is 5.91 Å². The van der Waals surface area contributed by atoms with Crippen molar-refractivity contribution in [2.24, 2.45) is 0 Å². The zero-order valence-electron chi connectivity index (χ0n) is 16.9. The monoisotopic (exact) mass is 418 g/mol. The van der Waals surface area contributed by atoms with Crippen molar-refractivity contribution in [3.05, 3.63) is 76.8 Å². The second-order valence-electron chi connectivity index (χ2n) is 6.57. The summed E-state index contributed by atoms with van der Waals surface area (Å²) in [7, 11) is 3.00. The Morgan fingerprint density at radius 1 is 1.03 bits per heavy atom. The number of pyridine rings is 1. The number of methoxy groups -OCH3 is 2. The first kappa shape index (κ1) is 19.9. The van der Waals surface area contributed by atoms with Crippen LogP contribution >= 0.6 is 0 Å². The van der Waals surface area contributed by atoms with Gasteiger partial charge in [-0.3, -0.25) is 4.79 Å². The van der Waals surface area contributed by atoms with Crippen LogP contribution in [0.1, 0.15) is 10.4 Å². The number of benzene rings is 2. The summed E-state index contributed by atoms with van der Waals surface area (Å²) in [6.45, 7) is 0. The van der Waals surface area contributed by atoms with Crippen molar-refractivity contribution >= 4 is 34.1 Å². The number of amides is 1. The number of fused-ring (bicyclic) bond motifs is 1. The maximum absolute atomic E-state index is 12.7. The first-order valence-corrected chi connectivity index (χ1v) is 9.38. The minimum atomic E-state index is -0.462. The maximum atomic E-state index is 12.7. The molecule has 31 heavy (non-hydrogen) atoms. The first-order valence-electron chi connectivity index (χ1n) is 9.38. The number of hydrogen-bond donors (Lipinski definition) is 3. The van der Waals surface area contributed by atoms with Crippen LogP contribution in [0.3, 0.4) is 0 Å². The van der Waals surface area contributed by atoms with Crippen LogP contribution in [0.5, 0.6) is 11.5 Å². The van der Waals surface area contributed by atoms with Gasteiger partial charge in [0.15, 0.2) is 11.5 Å². The van der Waals surface area contributed by atoms with E-state index in [1.807, 2.05) is 30.3 Å². The van der Waals surface area contributed by atoms with Crippen LogP contribution in [-0.2, 0) is 0 Å². The maximum Gasteiger partial charge on any atom is 0.328 e. The Bertz CT molecular complexity index is 1300. The van der Waals surface area contributed by atoms with E-state index in [9.17, 15) is 9.59 Å². The highest BCUT2D eigenvalue weighted by Crippen LogP contribution is 2.28. The summed E-state index contributed by atoms with van der Waals surface area (Å²) in [5, 5.41) is 6.47. The molecule has 0 saturated heterocycles. The highest BCUT2D eigenvalue weighted by molar-refractivity contribution is 6.05. The number of ether oxygens (including phenoxy) is 2. The Morgan fingerprint density at radius 3 is 2.55 bits per heavy atom.